The minimum absolute atomic E-state index is 0.0153. The third-order valence-electron chi connectivity index (χ3n) is 7.04. The van der Waals surface area contributed by atoms with Crippen LogP contribution in [0.1, 0.15) is 28.1 Å². The van der Waals surface area contributed by atoms with Crippen molar-refractivity contribution in [1.29, 1.82) is 5.41 Å². The number of fused-ring (bicyclic) bond motifs is 3. The average molecular weight is 553 g/mol. The second kappa shape index (κ2) is 9.47. The maximum Gasteiger partial charge on any atom is 0.198 e. The van der Waals surface area contributed by atoms with Gasteiger partial charge in [-0.3, -0.25) is 5.41 Å². The molecule has 1 unspecified atom stereocenters. The summed E-state index contributed by atoms with van der Waals surface area (Å²) in [7, 11) is -0.0653. The van der Waals surface area contributed by atoms with Crippen molar-refractivity contribution in [3.63, 3.8) is 0 Å². The van der Waals surface area contributed by atoms with Crippen LogP contribution in [-0.2, 0) is 16.3 Å². The van der Waals surface area contributed by atoms with Crippen molar-refractivity contribution in [2.45, 2.75) is 16.7 Å². The van der Waals surface area contributed by atoms with Gasteiger partial charge in [0.05, 0.1) is 33.4 Å². The number of nitrogen functional groups attached to an aromatic ring is 1. The Labute approximate surface area is 230 Å². The molecule has 2 heterocycles. The highest BCUT2D eigenvalue weighted by Gasteiger charge is 2.28. The maximum absolute atomic E-state index is 13.8. The van der Waals surface area contributed by atoms with Crippen molar-refractivity contribution in [3.8, 4) is 0 Å². The van der Waals surface area contributed by atoms with Crippen molar-refractivity contribution in [3.05, 3.63) is 95.6 Å². The Morgan fingerprint density at radius 2 is 1.52 bits per heavy atom. The fourth-order valence-corrected chi connectivity index (χ4v) is 6.55. The van der Waals surface area contributed by atoms with Gasteiger partial charge in [0.15, 0.2) is 9.84 Å². The van der Waals surface area contributed by atoms with Crippen LogP contribution in [0.2, 0.25) is 0 Å². The summed E-state index contributed by atoms with van der Waals surface area (Å²) in [5.74, 6) is 1.35. The van der Waals surface area contributed by atoms with E-state index in [4.69, 9.17) is 16.9 Å². The third kappa shape index (κ3) is 4.34. The van der Waals surface area contributed by atoms with Crippen LogP contribution in [0.15, 0.2) is 77.7 Å². The molecule has 0 amide bonds. The monoisotopic (exact) mass is 552 g/mol. The SMILES string of the molecule is CN(C)c1cccc2c(S(=O)(=O)C(N)c3ccc4[nH]c(Cc5nc6cc(C(=N)N)ccc6[nH]5)nc4c3)cccc12. The fourth-order valence-electron chi connectivity index (χ4n) is 5.02. The van der Waals surface area contributed by atoms with Gasteiger partial charge in [0.2, 0.25) is 0 Å². The summed E-state index contributed by atoms with van der Waals surface area (Å²) in [4.78, 5) is 18.0. The number of H-pyrrole nitrogens is 2. The first-order chi connectivity index (χ1) is 19.1. The number of nitrogens with two attached hydrogens (primary N) is 2. The van der Waals surface area contributed by atoms with E-state index in [0.29, 0.717) is 45.6 Å². The van der Waals surface area contributed by atoms with Gasteiger partial charge in [-0.25, -0.2) is 18.4 Å². The Morgan fingerprint density at radius 3 is 2.20 bits per heavy atom. The van der Waals surface area contributed by atoms with Gasteiger partial charge >= 0.3 is 0 Å². The summed E-state index contributed by atoms with van der Waals surface area (Å²) >= 11 is 0. The van der Waals surface area contributed by atoms with Crippen LogP contribution in [0, 0.1) is 5.41 Å². The molecule has 10 nitrogen and oxygen atoms in total. The van der Waals surface area contributed by atoms with Crippen molar-refractivity contribution >= 4 is 54.2 Å². The largest absolute Gasteiger partial charge is 0.384 e. The molecule has 0 saturated heterocycles. The van der Waals surface area contributed by atoms with Gasteiger partial charge in [-0.15, -0.1) is 0 Å². The minimum atomic E-state index is -3.91. The van der Waals surface area contributed by atoms with Gasteiger partial charge in [-0.1, -0.05) is 30.3 Å². The van der Waals surface area contributed by atoms with Crippen molar-refractivity contribution < 1.29 is 8.42 Å². The molecule has 202 valence electrons. The number of nitrogens with one attached hydrogen (secondary N) is 3. The number of hydrogen-bond acceptors (Lipinski definition) is 7. The second-order valence-corrected chi connectivity index (χ2v) is 12.0. The molecule has 1 atom stereocenters. The second-order valence-electron chi connectivity index (χ2n) is 9.95. The standard InChI is InChI=1S/C29H28N8O2S/c1-37(2)24-7-3-6-19-18(24)5-4-8-25(19)40(38,39)29(32)17-10-12-21-23(14-17)36-27(34-21)15-26-33-20-11-9-16(28(30)31)13-22(20)35-26/h3-14,29H,15,32H2,1-2H3,(H3,30,31)(H,33,35)(H,34,36). The van der Waals surface area contributed by atoms with E-state index in [0.717, 1.165) is 22.1 Å². The molecule has 6 rings (SSSR count). The number of benzene rings is 4. The van der Waals surface area contributed by atoms with Crippen LogP contribution >= 0.6 is 0 Å². The molecule has 11 heteroatoms. The van der Waals surface area contributed by atoms with E-state index in [2.05, 4.69) is 19.9 Å². The molecule has 0 fully saturated rings. The molecular weight excluding hydrogens is 524 g/mol. The zero-order valence-corrected chi connectivity index (χ0v) is 22.8. The highest BCUT2D eigenvalue weighted by molar-refractivity contribution is 7.91. The third-order valence-corrected chi connectivity index (χ3v) is 8.95. The Kier molecular flexibility index (Phi) is 6.05. The maximum atomic E-state index is 13.8. The first kappa shape index (κ1) is 25.5. The molecule has 2 aromatic heterocycles. The lowest BCUT2D eigenvalue weighted by atomic mass is 10.1. The average Bonchev–Trinajstić information content (AvgIpc) is 3.53. The molecule has 0 spiro atoms. The summed E-state index contributed by atoms with van der Waals surface area (Å²) in [5, 5.41) is 7.84. The van der Waals surface area contributed by atoms with Gasteiger partial charge < -0.3 is 26.3 Å². The highest BCUT2D eigenvalue weighted by Crippen LogP contribution is 2.34. The van der Waals surface area contributed by atoms with Gasteiger partial charge in [-0.05, 0) is 48.0 Å². The van der Waals surface area contributed by atoms with Crippen LogP contribution in [0.5, 0.6) is 0 Å². The molecule has 40 heavy (non-hydrogen) atoms. The zero-order valence-electron chi connectivity index (χ0n) is 21.9. The first-order valence-corrected chi connectivity index (χ1v) is 14.2. The summed E-state index contributed by atoms with van der Waals surface area (Å²) < 4.78 is 27.5. The number of aromatic amines is 2. The van der Waals surface area contributed by atoms with E-state index < -0.39 is 15.2 Å². The van der Waals surface area contributed by atoms with Gasteiger partial charge in [0.25, 0.3) is 0 Å². The molecule has 0 aliphatic carbocycles. The van der Waals surface area contributed by atoms with E-state index >= 15 is 0 Å². The predicted molar refractivity (Wildman–Crippen MR) is 158 cm³/mol. The molecular formula is C29H28N8O2S. The molecule has 7 N–H and O–H groups in total. The summed E-state index contributed by atoms with van der Waals surface area (Å²) in [5.41, 5.74) is 16.9. The Hall–Kier alpha value is -4.74. The van der Waals surface area contributed by atoms with Crippen molar-refractivity contribution in [2.75, 3.05) is 19.0 Å². The van der Waals surface area contributed by atoms with Crippen LogP contribution in [-0.4, -0.2) is 48.3 Å². The molecule has 6 aromatic rings. The van der Waals surface area contributed by atoms with E-state index in [-0.39, 0.29) is 10.7 Å². The molecule has 0 saturated carbocycles. The number of hydrogen-bond donors (Lipinski definition) is 5. The van der Waals surface area contributed by atoms with Gasteiger partial charge in [-0.2, -0.15) is 0 Å². The molecule has 0 bridgehead atoms. The van der Waals surface area contributed by atoms with E-state index in [1.54, 1.807) is 42.5 Å². The van der Waals surface area contributed by atoms with E-state index in [1.807, 2.05) is 49.3 Å². The number of nitrogens with zero attached hydrogens (tertiary/aromatic N) is 3. The zero-order chi connectivity index (χ0) is 28.2. The van der Waals surface area contributed by atoms with Crippen LogP contribution < -0.4 is 16.4 Å². The number of anilines is 1. The molecule has 0 aliphatic rings. The summed E-state index contributed by atoms with van der Waals surface area (Å²) in [6, 6.07) is 21.5. The highest BCUT2D eigenvalue weighted by atomic mass is 32.2. The Balaban J connectivity index is 1.31. The molecule has 0 radical (unpaired) electrons. The minimum Gasteiger partial charge on any atom is -0.384 e. The fraction of sp³-hybridized carbons (Fsp3) is 0.138. The quantitative estimate of drug-likeness (QED) is 0.147. The predicted octanol–water partition coefficient (Wildman–Crippen LogP) is 3.96. The van der Waals surface area contributed by atoms with E-state index in [9.17, 15) is 8.42 Å². The number of rotatable bonds is 7. The number of imidazole rings is 2. The van der Waals surface area contributed by atoms with Crippen molar-refractivity contribution in [2.24, 2.45) is 11.5 Å². The Morgan fingerprint density at radius 1 is 0.900 bits per heavy atom. The normalized spacial score (nSPS) is 12.8. The first-order valence-electron chi connectivity index (χ1n) is 12.6. The summed E-state index contributed by atoms with van der Waals surface area (Å²) in [6.45, 7) is 0. The smallest absolute Gasteiger partial charge is 0.198 e. The number of aromatic nitrogens is 4. The van der Waals surface area contributed by atoms with Crippen LogP contribution in [0.4, 0.5) is 5.69 Å². The van der Waals surface area contributed by atoms with Crippen molar-refractivity contribution in [1.82, 2.24) is 19.9 Å². The summed E-state index contributed by atoms with van der Waals surface area (Å²) in [6.07, 6.45) is 0.405. The van der Waals surface area contributed by atoms with Crippen LogP contribution in [0.3, 0.4) is 0 Å². The van der Waals surface area contributed by atoms with Gasteiger partial charge in [0, 0.05) is 36.1 Å². The van der Waals surface area contributed by atoms with Gasteiger partial charge in [0.1, 0.15) is 22.9 Å². The topological polar surface area (TPSA) is 171 Å². The molecule has 4 aromatic carbocycles. The van der Waals surface area contributed by atoms with E-state index in [1.165, 1.54) is 0 Å². The number of sulfone groups is 1. The number of amidine groups is 1. The lowest BCUT2D eigenvalue weighted by Gasteiger charge is -2.19. The lowest BCUT2D eigenvalue weighted by molar-refractivity contribution is 0.584. The lowest BCUT2D eigenvalue weighted by Crippen LogP contribution is -2.22. The Bertz CT molecular complexity index is 2040. The molecule has 0 aliphatic heterocycles. The van der Waals surface area contributed by atoms with Crippen LogP contribution in [0.25, 0.3) is 32.8 Å².